The number of rotatable bonds is 6. The molecule has 3 rings (SSSR count). The number of hydrogen-bond acceptors (Lipinski definition) is 1. The van der Waals surface area contributed by atoms with Gasteiger partial charge in [-0.1, -0.05) is 60.7 Å². The Morgan fingerprint density at radius 2 is 1.62 bits per heavy atom. The van der Waals surface area contributed by atoms with Gasteiger partial charge >= 0.3 is 0 Å². The Kier molecular flexibility index (Phi) is 7.67. The third-order valence-electron chi connectivity index (χ3n) is 5.19. The molecule has 140 valence electrons. The molecule has 0 aromatic heterocycles. The van der Waals surface area contributed by atoms with Crippen LogP contribution in [0.2, 0.25) is 10.0 Å². The summed E-state index contributed by atoms with van der Waals surface area (Å²) in [4.78, 5) is 0. The van der Waals surface area contributed by atoms with E-state index in [9.17, 15) is 0 Å². The Morgan fingerprint density at radius 3 is 2.38 bits per heavy atom. The molecule has 1 aliphatic carbocycles. The van der Waals surface area contributed by atoms with Gasteiger partial charge in [0.1, 0.15) is 18.9 Å². The summed E-state index contributed by atoms with van der Waals surface area (Å²) < 4.78 is 6.08. The van der Waals surface area contributed by atoms with Crippen LogP contribution in [0.1, 0.15) is 56.1 Å². The van der Waals surface area contributed by atoms with Gasteiger partial charge in [0.15, 0.2) is 0 Å². The van der Waals surface area contributed by atoms with E-state index in [0.29, 0.717) is 16.7 Å². The molecule has 0 atom stereocenters. The number of halogens is 2. The summed E-state index contributed by atoms with van der Waals surface area (Å²) in [5.74, 6) is 0.945. The zero-order chi connectivity index (χ0) is 18.2. The van der Waals surface area contributed by atoms with E-state index in [2.05, 4.69) is 17.4 Å². The number of hydrogen-bond donors (Lipinski definition) is 1. The lowest BCUT2D eigenvalue weighted by Gasteiger charge is -2.19. The Balaban J connectivity index is 1.58. The second-order valence-electron chi connectivity index (χ2n) is 7.18. The molecular formula is C22H28Cl2NO+. The SMILES string of the molecule is Clc1ccc(COc2ccccc2C[NH2+]C2CCCCCCC2)c(Cl)c1. The van der Waals surface area contributed by atoms with Crippen molar-refractivity contribution in [2.75, 3.05) is 0 Å². The molecule has 0 saturated heterocycles. The standard InChI is InChI=1S/C22H27Cl2NO/c23-19-13-12-18(21(24)14-19)16-26-22-11-7-6-8-17(22)15-25-20-9-4-2-1-3-5-10-20/h6-8,11-14,20,25H,1-5,9-10,15-16H2/p+1. The molecule has 2 nitrogen and oxygen atoms in total. The van der Waals surface area contributed by atoms with Crippen molar-refractivity contribution in [3.05, 3.63) is 63.6 Å². The molecule has 1 saturated carbocycles. The van der Waals surface area contributed by atoms with Crippen LogP contribution < -0.4 is 10.1 Å². The summed E-state index contributed by atoms with van der Waals surface area (Å²) in [6.45, 7) is 1.42. The second-order valence-corrected chi connectivity index (χ2v) is 8.02. The normalized spacial score (nSPS) is 16.1. The van der Waals surface area contributed by atoms with E-state index in [4.69, 9.17) is 27.9 Å². The minimum Gasteiger partial charge on any atom is -0.488 e. The molecule has 0 aliphatic heterocycles. The van der Waals surface area contributed by atoms with Gasteiger partial charge in [-0.25, -0.2) is 0 Å². The van der Waals surface area contributed by atoms with E-state index in [1.165, 1.54) is 50.5 Å². The Morgan fingerprint density at radius 1 is 0.885 bits per heavy atom. The van der Waals surface area contributed by atoms with Gasteiger partial charge in [0, 0.05) is 21.2 Å². The van der Waals surface area contributed by atoms with Gasteiger partial charge < -0.3 is 10.1 Å². The molecule has 0 amide bonds. The van der Waals surface area contributed by atoms with E-state index >= 15 is 0 Å². The Labute approximate surface area is 166 Å². The van der Waals surface area contributed by atoms with Gasteiger partial charge in [0.25, 0.3) is 0 Å². The summed E-state index contributed by atoms with van der Waals surface area (Å²) in [7, 11) is 0. The van der Waals surface area contributed by atoms with Crippen LogP contribution in [-0.4, -0.2) is 6.04 Å². The van der Waals surface area contributed by atoms with Gasteiger partial charge in [0.2, 0.25) is 0 Å². The molecule has 2 N–H and O–H groups in total. The van der Waals surface area contributed by atoms with Crippen LogP contribution in [0.15, 0.2) is 42.5 Å². The highest BCUT2D eigenvalue weighted by atomic mass is 35.5. The van der Waals surface area contributed by atoms with Gasteiger partial charge in [-0.15, -0.1) is 0 Å². The second kappa shape index (κ2) is 10.2. The quantitative estimate of drug-likeness (QED) is 0.665. The van der Waals surface area contributed by atoms with Gasteiger partial charge in [-0.05, 0) is 49.9 Å². The van der Waals surface area contributed by atoms with Crippen molar-refractivity contribution in [2.24, 2.45) is 0 Å². The van der Waals surface area contributed by atoms with Crippen LogP contribution in [0.25, 0.3) is 0 Å². The monoisotopic (exact) mass is 392 g/mol. The first kappa shape index (κ1) is 19.5. The summed E-state index contributed by atoms with van der Waals surface area (Å²) in [6.07, 6.45) is 9.62. The van der Waals surface area contributed by atoms with Crippen molar-refractivity contribution in [3.8, 4) is 5.75 Å². The summed E-state index contributed by atoms with van der Waals surface area (Å²) in [5, 5.41) is 3.80. The van der Waals surface area contributed by atoms with E-state index in [1.54, 1.807) is 6.07 Å². The lowest BCUT2D eigenvalue weighted by Crippen LogP contribution is -2.88. The largest absolute Gasteiger partial charge is 0.488 e. The fraction of sp³-hybridized carbons (Fsp3) is 0.455. The highest BCUT2D eigenvalue weighted by Crippen LogP contribution is 2.24. The lowest BCUT2D eigenvalue weighted by molar-refractivity contribution is -0.706. The number of nitrogens with two attached hydrogens (primary N) is 1. The van der Waals surface area contributed by atoms with Crippen LogP contribution in [0.5, 0.6) is 5.75 Å². The fourth-order valence-corrected chi connectivity index (χ4v) is 4.09. The first-order valence-corrected chi connectivity index (χ1v) is 10.5. The maximum atomic E-state index is 6.26. The lowest BCUT2D eigenvalue weighted by atomic mass is 9.96. The molecule has 0 unspecified atom stereocenters. The summed E-state index contributed by atoms with van der Waals surface area (Å²) >= 11 is 12.2. The highest BCUT2D eigenvalue weighted by molar-refractivity contribution is 6.35. The summed E-state index contributed by atoms with van der Waals surface area (Å²) in [6, 6.07) is 14.6. The third kappa shape index (κ3) is 5.90. The minimum atomic E-state index is 0.455. The molecule has 1 fully saturated rings. The molecule has 0 spiro atoms. The molecular weight excluding hydrogens is 365 g/mol. The molecule has 2 aromatic carbocycles. The van der Waals surface area contributed by atoms with Crippen LogP contribution in [0.3, 0.4) is 0 Å². The van der Waals surface area contributed by atoms with Crippen LogP contribution in [0, 0.1) is 0 Å². The molecule has 1 aliphatic rings. The van der Waals surface area contributed by atoms with Crippen molar-refractivity contribution in [1.82, 2.24) is 0 Å². The van der Waals surface area contributed by atoms with Crippen molar-refractivity contribution >= 4 is 23.2 Å². The minimum absolute atomic E-state index is 0.455. The van der Waals surface area contributed by atoms with E-state index in [0.717, 1.165) is 23.9 Å². The van der Waals surface area contributed by atoms with Crippen LogP contribution >= 0.6 is 23.2 Å². The maximum Gasteiger partial charge on any atom is 0.128 e. The smallest absolute Gasteiger partial charge is 0.128 e. The average molecular weight is 393 g/mol. The van der Waals surface area contributed by atoms with Gasteiger partial charge in [0.05, 0.1) is 6.04 Å². The molecule has 26 heavy (non-hydrogen) atoms. The van der Waals surface area contributed by atoms with E-state index in [-0.39, 0.29) is 0 Å². The molecule has 0 heterocycles. The predicted octanol–water partition coefficient (Wildman–Crippen LogP) is 5.75. The van der Waals surface area contributed by atoms with Gasteiger partial charge in [-0.3, -0.25) is 0 Å². The topological polar surface area (TPSA) is 25.8 Å². The number of quaternary nitrogens is 1. The Hall–Kier alpha value is -1.22. The van der Waals surface area contributed by atoms with Crippen LogP contribution in [0.4, 0.5) is 0 Å². The van der Waals surface area contributed by atoms with Crippen molar-refractivity contribution in [3.63, 3.8) is 0 Å². The number of benzene rings is 2. The van der Waals surface area contributed by atoms with E-state index in [1.807, 2.05) is 24.3 Å². The number of para-hydroxylation sites is 1. The zero-order valence-electron chi connectivity index (χ0n) is 15.2. The number of ether oxygens (including phenoxy) is 1. The third-order valence-corrected chi connectivity index (χ3v) is 5.78. The summed E-state index contributed by atoms with van der Waals surface area (Å²) in [5.41, 5.74) is 2.20. The van der Waals surface area contributed by atoms with Gasteiger partial charge in [-0.2, -0.15) is 0 Å². The first-order valence-electron chi connectivity index (χ1n) is 9.70. The maximum absolute atomic E-state index is 6.26. The highest BCUT2D eigenvalue weighted by Gasteiger charge is 2.15. The first-order chi connectivity index (χ1) is 12.7. The fourth-order valence-electron chi connectivity index (χ4n) is 3.62. The Bertz CT molecular complexity index is 696. The van der Waals surface area contributed by atoms with Crippen molar-refractivity contribution in [2.45, 2.75) is 64.1 Å². The molecule has 2 aromatic rings. The van der Waals surface area contributed by atoms with Crippen molar-refractivity contribution in [1.29, 1.82) is 0 Å². The average Bonchev–Trinajstić information content (AvgIpc) is 2.61. The molecule has 0 radical (unpaired) electrons. The molecule has 0 bridgehead atoms. The van der Waals surface area contributed by atoms with Crippen molar-refractivity contribution < 1.29 is 10.1 Å². The zero-order valence-corrected chi connectivity index (χ0v) is 16.7. The van der Waals surface area contributed by atoms with E-state index < -0.39 is 0 Å². The predicted molar refractivity (Wildman–Crippen MR) is 109 cm³/mol. The van der Waals surface area contributed by atoms with Crippen LogP contribution in [-0.2, 0) is 13.2 Å². The molecule has 4 heteroatoms.